The van der Waals surface area contributed by atoms with Crippen molar-refractivity contribution in [2.75, 3.05) is 18.5 Å². The van der Waals surface area contributed by atoms with Crippen molar-refractivity contribution in [1.82, 2.24) is 15.3 Å². The lowest BCUT2D eigenvalue weighted by Gasteiger charge is -2.19. The Morgan fingerprint density at radius 3 is 2.33 bits per heavy atom. The van der Waals surface area contributed by atoms with E-state index in [1.807, 2.05) is 6.07 Å². The van der Waals surface area contributed by atoms with Gasteiger partial charge in [-0.25, -0.2) is 9.97 Å². The van der Waals surface area contributed by atoms with E-state index in [1.54, 1.807) is 6.20 Å². The molecule has 33 heavy (non-hydrogen) atoms. The number of anilines is 1. The van der Waals surface area contributed by atoms with E-state index in [2.05, 4.69) is 20.6 Å². The Labute approximate surface area is 189 Å². The molecule has 2 N–H and O–H groups in total. The van der Waals surface area contributed by atoms with Gasteiger partial charge in [-0.05, 0) is 43.2 Å². The van der Waals surface area contributed by atoms with Gasteiger partial charge in [-0.1, -0.05) is 12.8 Å². The predicted molar refractivity (Wildman–Crippen MR) is 113 cm³/mol. The number of nitrogens with one attached hydrogen (secondary N) is 2. The van der Waals surface area contributed by atoms with E-state index >= 15 is 0 Å². The quantitative estimate of drug-likeness (QED) is 0.707. The van der Waals surface area contributed by atoms with Gasteiger partial charge in [0.05, 0.1) is 30.9 Å². The predicted octanol–water partition coefficient (Wildman–Crippen LogP) is 3.53. The first-order valence-corrected chi connectivity index (χ1v) is 11.2. The molecule has 0 spiro atoms. The van der Waals surface area contributed by atoms with Crippen LogP contribution in [0.25, 0.3) is 0 Å². The largest absolute Gasteiger partial charge is 0.416 e. The SMILES string of the molecule is O=C(NC1COC2C(Nc3nccc(C4CCCC4)n3)COC12)c1ccc(C(F)(F)F)cc1. The molecule has 4 unspecified atom stereocenters. The van der Waals surface area contributed by atoms with Crippen molar-refractivity contribution in [2.45, 2.75) is 62.1 Å². The van der Waals surface area contributed by atoms with Crippen LogP contribution in [0.1, 0.15) is 53.2 Å². The topological polar surface area (TPSA) is 85.4 Å². The molecular weight excluding hydrogens is 437 g/mol. The number of hydrogen-bond donors (Lipinski definition) is 2. The van der Waals surface area contributed by atoms with Crippen LogP contribution >= 0.6 is 0 Å². The molecule has 2 aromatic rings. The second-order valence-electron chi connectivity index (χ2n) is 8.79. The summed E-state index contributed by atoms with van der Waals surface area (Å²) in [6, 6.07) is 5.53. The average Bonchev–Trinajstić information content (AvgIpc) is 3.54. The van der Waals surface area contributed by atoms with E-state index in [0.717, 1.165) is 30.7 Å². The highest BCUT2D eigenvalue weighted by atomic mass is 19.4. The molecule has 2 saturated heterocycles. The first-order chi connectivity index (χ1) is 15.9. The molecule has 5 rings (SSSR count). The van der Waals surface area contributed by atoms with Crippen molar-refractivity contribution < 1.29 is 27.4 Å². The number of rotatable bonds is 5. The Kier molecular flexibility index (Phi) is 5.96. The van der Waals surface area contributed by atoms with E-state index in [9.17, 15) is 18.0 Å². The fourth-order valence-electron chi connectivity index (χ4n) is 4.87. The summed E-state index contributed by atoms with van der Waals surface area (Å²) in [6.45, 7) is 0.627. The highest BCUT2D eigenvalue weighted by Gasteiger charge is 2.48. The average molecular weight is 462 g/mol. The molecule has 3 aliphatic rings. The zero-order valence-electron chi connectivity index (χ0n) is 17.8. The van der Waals surface area contributed by atoms with Gasteiger partial charge in [0.15, 0.2) is 0 Å². The number of halogens is 3. The summed E-state index contributed by atoms with van der Waals surface area (Å²) >= 11 is 0. The van der Waals surface area contributed by atoms with Crippen LogP contribution in [0.15, 0.2) is 36.5 Å². The number of alkyl halides is 3. The molecule has 0 bridgehead atoms. The zero-order valence-corrected chi connectivity index (χ0v) is 17.8. The van der Waals surface area contributed by atoms with Crippen molar-refractivity contribution >= 4 is 11.9 Å². The Bertz CT molecular complexity index is 995. The monoisotopic (exact) mass is 462 g/mol. The standard InChI is InChI=1S/C23H25F3N4O3/c24-23(25,26)15-7-5-14(6-8-15)21(31)28-17-11-32-20-18(12-33-19(17)20)30-22-27-10-9-16(29-22)13-3-1-2-4-13/h5-10,13,17-20H,1-4,11-12H2,(H,28,31)(H,27,29,30). The first kappa shape index (κ1) is 22.1. The van der Waals surface area contributed by atoms with Crippen LogP contribution in [0, 0.1) is 0 Å². The minimum absolute atomic E-state index is 0.149. The number of amides is 1. The van der Waals surface area contributed by atoms with Gasteiger partial charge in [-0.3, -0.25) is 4.79 Å². The molecule has 0 radical (unpaired) electrons. The van der Waals surface area contributed by atoms with Crippen LogP contribution in [-0.4, -0.2) is 53.4 Å². The van der Waals surface area contributed by atoms with Crippen molar-refractivity contribution in [2.24, 2.45) is 0 Å². The second-order valence-corrected chi connectivity index (χ2v) is 8.79. The number of ether oxygens (including phenoxy) is 2. The molecule has 1 aromatic heterocycles. The van der Waals surface area contributed by atoms with Crippen LogP contribution in [0.4, 0.5) is 19.1 Å². The number of carbonyl (C=O) groups excluding carboxylic acids is 1. The maximum Gasteiger partial charge on any atom is 0.416 e. The lowest BCUT2D eigenvalue weighted by Crippen LogP contribution is -2.44. The molecular formula is C23H25F3N4O3. The number of aromatic nitrogens is 2. The maximum absolute atomic E-state index is 12.7. The van der Waals surface area contributed by atoms with Gasteiger partial charge in [0.25, 0.3) is 5.91 Å². The maximum atomic E-state index is 12.7. The highest BCUT2D eigenvalue weighted by molar-refractivity contribution is 5.94. The van der Waals surface area contributed by atoms with Crippen molar-refractivity contribution in [3.05, 3.63) is 53.3 Å². The summed E-state index contributed by atoms with van der Waals surface area (Å²) in [5.74, 6) is 0.550. The smallest absolute Gasteiger partial charge is 0.371 e. The summed E-state index contributed by atoms with van der Waals surface area (Å²) in [5, 5.41) is 6.14. The molecule has 1 aliphatic carbocycles. The Morgan fingerprint density at radius 2 is 1.64 bits per heavy atom. The minimum atomic E-state index is -4.44. The molecule has 4 atom stereocenters. The van der Waals surface area contributed by atoms with E-state index in [1.165, 1.54) is 25.0 Å². The Balaban J connectivity index is 1.19. The minimum Gasteiger partial charge on any atom is -0.371 e. The van der Waals surface area contributed by atoms with Crippen LogP contribution in [0.5, 0.6) is 0 Å². The third kappa shape index (κ3) is 4.67. The fourth-order valence-corrected chi connectivity index (χ4v) is 4.87. The van der Waals surface area contributed by atoms with Gasteiger partial charge in [0.2, 0.25) is 5.95 Å². The molecule has 1 saturated carbocycles. The zero-order chi connectivity index (χ0) is 23.0. The van der Waals surface area contributed by atoms with Crippen molar-refractivity contribution in [3.8, 4) is 0 Å². The first-order valence-electron chi connectivity index (χ1n) is 11.2. The van der Waals surface area contributed by atoms with Gasteiger partial charge in [-0.15, -0.1) is 0 Å². The lowest BCUT2D eigenvalue weighted by molar-refractivity contribution is -0.137. The summed E-state index contributed by atoms with van der Waals surface area (Å²) in [6.07, 6.45) is 1.42. The van der Waals surface area contributed by atoms with Gasteiger partial charge in [-0.2, -0.15) is 13.2 Å². The van der Waals surface area contributed by atoms with E-state index in [-0.39, 0.29) is 30.4 Å². The van der Waals surface area contributed by atoms with Gasteiger partial charge >= 0.3 is 6.18 Å². The second kappa shape index (κ2) is 8.90. The number of hydrogen-bond acceptors (Lipinski definition) is 6. The molecule has 1 amide bonds. The van der Waals surface area contributed by atoms with Crippen LogP contribution in [0.3, 0.4) is 0 Å². The van der Waals surface area contributed by atoms with Gasteiger partial charge in [0.1, 0.15) is 12.2 Å². The van der Waals surface area contributed by atoms with Gasteiger partial charge in [0, 0.05) is 23.4 Å². The van der Waals surface area contributed by atoms with E-state index < -0.39 is 23.7 Å². The van der Waals surface area contributed by atoms with Crippen LogP contribution < -0.4 is 10.6 Å². The number of carbonyl (C=O) groups is 1. The third-order valence-corrected chi connectivity index (χ3v) is 6.61. The Hall–Kier alpha value is -2.72. The molecule has 3 fully saturated rings. The Morgan fingerprint density at radius 1 is 0.970 bits per heavy atom. The van der Waals surface area contributed by atoms with Crippen LogP contribution in [-0.2, 0) is 15.7 Å². The molecule has 3 heterocycles. The van der Waals surface area contributed by atoms with Crippen LogP contribution in [0.2, 0.25) is 0 Å². The molecule has 10 heteroatoms. The van der Waals surface area contributed by atoms with E-state index in [0.29, 0.717) is 18.5 Å². The summed E-state index contributed by atoms with van der Waals surface area (Å²) in [4.78, 5) is 21.6. The molecule has 176 valence electrons. The van der Waals surface area contributed by atoms with Gasteiger partial charge < -0.3 is 20.1 Å². The summed E-state index contributed by atoms with van der Waals surface area (Å²) in [5.41, 5.74) is 0.404. The fraction of sp³-hybridized carbons (Fsp3) is 0.522. The molecule has 7 nitrogen and oxygen atoms in total. The molecule has 2 aliphatic heterocycles. The summed E-state index contributed by atoms with van der Waals surface area (Å²) in [7, 11) is 0. The highest BCUT2D eigenvalue weighted by Crippen LogP contribution is 2.34. The van der Waals surface area contributed by atoms with Crippen molar-refractivity contribution in [1.29, 1.82) is 0 Å². The lowest BCUT2D eigenvalue weighted by atomic mass is 10.0. The summed E-state index contributed by atoms with van der Waals surface area (Å²) < 4.78 is 50.0. The number of nitrogens with zero attached hydrogens (tertiary/aromatic N) is 2. The number of benzene rings is 1. The molecule has 1 aromatic carbocycles. The number of fused-ring (bicyclic) bond motifs is 1. The normalized spacial score (nSPS) is 27.5. The van der Waals surface area contributed by atoms with Crippen molar-refractivity contribution in [3.63, 3.8) is 0 Å². The third-order valence-electron chi connectivity index (χ3n) is 6.61. The van der Waals surface area contributed by atoms with E-state index in [4.69, 9.17) is 9.47 Å².